The second kappa shape index (κ2) is 9.37. The molecule has 24 heavy (non-hydrogen) atoms. The van der Waals surface area contributed by atoms with Gasteiger partial charge in [0.25, 0.3) is 5.91 Å². The molecular formula is C16H26N6O2. The molecule has 2 fully saturated rings. The highest BCUT2D eigenvalue weighted by atomic mass is 16.2. The molecule has 8 nitrogen and oxygen atoms in total. The summed E-state index contributed by atoms with van der Waals surface area (Å²) < 4.78 is 0. The monoisotopic (exact) mass is 334 g/mol. The van der Waals surface area contributed by atoms with E-state index in [4.69, 9.17) is 5.73 Å². The number of amides is 2. The molecule has 0 saturated carbocycles. The normalized spacial score (nSPS) is 20.5. The van der Waals surface area contributed by atoms with E-state index >= 15 is 0 Å². The molecule has 0 aromatic heterocycles. The highest BCUT2D eigenvalue weighted by Crippen LogP contribution is 2.12. The van der Waals surface area contributed by atoms with Crippen LogP contribution in [0, 0.1) is 17.2 Å². The maximum Gasteiger partial charge on any atom is 0.266 e. The van der Waals surface area contributed by atoms with E-state index in [-0.39, 0.29) is 23.3 Å². The van der Waals surface area contributed by atoms with Crippen LogP contribution in [-0.2, 0) is 9.59 Å². The molecule has 0 spiro atoms. The lowest BCUT2D eigenvalue weighted by Gasteiger charge is -2.34. The van der Waals surface area contributed by atoms with E-state index in [1.165, 1.54) is 6.20 Å². The van der Waals surface area contributed by atoms with Gasteiger partial charge in [-0.2, -0.15) is 5.26 Å². The number of nitrogens with one attached hydrogen (secondary N) is 2. The van der Waals surface area contributed by atoms with Gasteiger partial charge in [-0.3, -0.25) is 14.5 Å². The van der Waals surface area contributed by atoms with Gasteiger partial charge in [0.05, 0.1) is 0 Å². The molecule has 0 aromatic rings. The van der Waals surface area contributed by atoms with Crippen molar-refractivity contribution >= 4 is 11.8 Å². The summed E-state index contributed by atoms with van der Waals surface area (Å²) in [4.78, 5) is 28.4. The zero-order chi connectivity index (χ0) is 17.4. The van der Waals surface area contributed by atoms with Gasteiger partial charge in [-0.15, -0.1) is 0 Å². The standard InChI is InChI=1S/C16H26N6O2/c17-3-6-21-7-9-22(10-8-21)16(24)14(11-18)12-20-15(23)13-1-4-19-5-2-13/h12-13,19H,1-10,17H2,(H,20,23)/b14-12-. The number of hydrogen-bond acceptors (Lipinski definition) is 6. The fraction of sp³-hybridized carbons (Fsp3) is 0.688. The molecule has 4 N–H and O–H groups in total. The van der Waals surface area contributed by atoms with Crippen LogP contribution >= 0.6 is 0 Å². The lowest BCUT2D eigenvalue weighted by molar-refractivity contribution is -0.128. The smallest absolute Gasteiger partial charge is 0.266 e. The predicted octanol–water partition coefficient (Wildman–Crippen LogP) is -1.39. The number of carbonyl (C=O) groups is 2. The first-order valence-electron chi connectivity index (χ1n) is 8.48. The van der Waals surface area contributed by atoms with Crippen molar-refractivity contribution in [2.75, 3.05) is 52.4 Å². The van der Waals surface area contributed by atoms with E-state index in [1.54, 1.807) is 4.90 Å². The van der Waals surface area contributed by atoms with Crippen molar-refractivity contribution in [3.05, 3.63) is 11.8 Å². The predicted molar refractivity (Wildman–Crippen MR) is 89.5 cm³/mol. The lowest BCUT2D eigenvalue weighted by atomic mass is 9.97. The Labute approximate surface area is 142 Å². The number of piperidine rings is 1. The van der Waals surface area contributed by atoms with Crippen molar-refractivity contribution in [2.45, 2.75) is 12.8 Å². The Morgan fingerprint density at radius 3 is 2.50 bits per heavy atom. The van der Waals surface area contributed by atoms with Crippen molar-refractivity contribution in [2.24, 2.45) is 11.7 Å². The average molecular weight is 334 g/mol. The first-order valence-corrected chi connectivity index (χ1v) is 8.48. The second-order valence-corrected chi connectivity index (χ2v) is 6.13. The van der Waals surface area contributed by atoms with Gasteiger partial charge in [-0.25, -0.2) is 0 Å². The van der Waals surface area contributed by atoms with Crippen LogP contribution in [0.25, 0.3) is 0 Å². The quantitative estimate of drug-likeness (QED) is 0.421. The third kappa shape index (κ3) is 5.03. The van der Waals surface area contributed by atoms with Crippen LogP contribution in [0.3, 0.4) is 0 Å². The Kier molecular flexibility index (Phi) is 7.18. The van der Waals surface area contributed by atoms with Crippen LogP contribution in [0.5, 0.6) is 0 Å². The Morgan fingerprint density at radius 1 is 1.25 bits per heavy atom. The number of nitrogens with two attached hydrogens (primary N) is 1. The zero-order valence-corrected chi connectivity index (χ0v) is 14.0. The molecule has 0 aliphatic carbocycles. The molecule has 132 valence electrons. The van der Waals surface area contributed by atoms with Gasteiger partial charge in [0.1, 0.15) is 11.6 Å². The number of hydrogen-bond donors (Lipinski definition) is 3. The first kappa shape index (κ1) is 18.4. The van der Waals surface area contributed by atoms with E-state index < -0.39 is 0 Å². The zero-order valence-electron chi connectivity index (χ0n) is 14.0. The Morgan fingerprint density at radius 2 is 1.92 bits per heavy atom. The van der Waals surface area contributed by atoms with Crippen molar-refractivity contribution < 1.29 is 9.59 Å². The van der Waals surface area contributed by atoms with Crippen molar-refractivity contribution in [1.82, 2.24) is 20.4 Å². The minimum atomic E-state index is -0.324. The van der Waals surface area contributed by atoms with Crippen molar-refractivity contribution in [3.8, 4) is 6.07 Å². The van der Waals surface area contributed by atoms with Crippen LogP contribution in [0.15, 0.2) is 11.8 Å². The van der Waals surface area contributed by atoms with Gasteiger partial charge < -0.3 is 21.3 Å². The molecule has 8 heteroatoms. The number of rotatable bonds is 5. The highest BCUT2D eigenvalue weighted by molar-refractivity contribution is 5.97. The van der Waals surface area contributed by atoms with Crippen LogP contribution < -0.4 is 16.4 Å². The van der Waals surface area contributed by atoms with Crippen LogP contribution in [0.1, 0.15) is 12.8 Å². The summed E-state index contributed by atoms with van der Waals surface area (Å²) in [6.45, 7) is 5.69. The van der Waals surface area contributed by atoms with Gasteiger partial charge in [-0.1, -0.05) is 0 Å². The molecule has 0 atom stereocenters. The Balaban J connectivity index is 1.87. The summed E-state index contributed by atoms with van der Waals surface area (Å²) in [6, 6.07) is 1.90. The number of nitriles is 1. The van der Waals surface area contributed by atoms with Crippen LogP contribution in [0.2, 0.25) is 0 Å². The molecule has 2 heterocycles. The number of piperazine rings is 1. The van der Waals surface area contributed by atoms with E-state index in [9.17, 15) is 14.9 Å². The number of carbonyl (C=O) groups excluding carboxylic acids is 2. The Hall–Kier alpha value is -1.95. The summed E-state index contributed by atoms with van der Waals surface area (Å²) in [7, 11) is 0. The summed E-state index contributed by atoms with van der Waals surface area (Å²) in [6.07, 6.45) is 2.82. The van der Waals surface area contributed by atoms with Gasteiger partial charge in [0, 0.05) is 51.4 Å². The summed E-state index contributed by atoms with van der Waals surface area (Å²) in [5, 5.41) is 15.1. The third-order valence-corrected chi connectivity index (χ3v) is 4.52. The third-order valence-electron chi connectivity index (χ3n) is 4.52. The molecule has 2 amide bonds. The molecule has 2 rings (SSSR count). The minimum absolute atomic E-state index is 0.0236. The van der Waals surface area contributed by atoms with Crippen LogP contribution in [0.4, 0.5) is 0 Å². The van der Waals surface area contributed by atoms with Gasteiger partial charge >= 0.3 is 0 Å². The molecule has 0 unspecified atom stereocenters. The lowest BCUT2D eigenvalue weighted by Crippen LogP contribution is -2.50. The van der Waals surface area contributed by atoms with Gasteiger partial charge in [-0.05, 0) is 25.9 Å². The van der Waals surface area contributed by atoms with Crippen molar-refractivity contribution in [3.63, 3.8) is 0 Å². The van der Waals surface area contributed by atoms with Crippen molar-refractivity contribution in [1.29, 1.82) is 5.26 Å². The number of nitrogens with zero attached hydrogens (tertiary/aromatic N) is 3. The van der Waals surface area contributed by atoms with E-state index in [0.29, 0.717) is 19.6 Å². The summed E-state index contributed by atoms with van der Waals surface area (Å²) in [5.41, 5.74) is 5.51. The summed E-state index contributed by atoms with van der Waals surface area (Å²) >= 11 is 0. The second-order valence-electron chi connectivity index (χ2n) is 6.13. The van der Waals surface area contributed by atoms with Gasteiger partial charge in [0.15, 0.2) is 0 Å². The topological polar surface area (TPSA) is 114 Å². The largest absolute Gasteiger partial charge is 0.335 e. The SMILES string of the molecule is N#C/C(=C/NC(=O)C1CCNCC1)C(=O)N1CCN(CCN)CC1. The van der Waals surface area contributed by atoms with E-state index in [1.807, 2.05) is 6.07 Å². The van der Waals surface area contributed by atoms with E-state index in [0.717, 1.165) is 45.6 Å². The maximum atomic E-state index is 12.4. The highest BCUT2D eigenvalue weighted by Gasteiger charge is 2.24. The fourth-order valence-corrected chi connectivity index (χ4v) is 3.01. The van der Waals surface area contributed by atoms with Crippen LogP contribution in [-0.4, -0.2) is 74.0 Å². The molecule has 0 bridgehead atoms. The minimum Gasteiger partial charge on any atom is -0.335 e. The fourth-order valence-electron chi connectivity index (χ4n) is 3.01. The molecular weight excluding hydrogens is 308 g/mol. The van der Waals surface area contributed by atoms with E-state index in [2.05, 4.69) is 15.5 Å². The molecule has 0 radical (unpaired) electrons. The maximum absolute atomic E-state index is 12.4. The molecule has 2 aliphatic rings. The molecule has 2 saturated heterocycles. The van der Waals surface area contributed by atoms with Gasteiger partial charge in [0.2, 0.25) is 5.91 Å². The average Bonchev–Trinajstić information content (AvgIpc) is 2.63. The first-order chi connectivity index (χ1) is 11.7. The molecule has 0 aromatic carbocycles. The molecule has 2 aliphatic heterocycles. The Bertz CT molecular complexity index is 513. The summed E-state index contributed by atoms with van der Waals surface area (Å²) in [5.74, 6) is -0.502.